The number of carbonyl (C=O) groups is 1. The maximum Gasteiger partial charge on any atom is 0.264 e. The van der Waals surface area contributed by atoms with Gasteiger partial charge in [-0.1, -0.05) is 48.0 Å². The molecular weight excluding hydrogens is 646 g/mol. The highest BCUT2D eigenvalue weighted by Crippen LogP contribution is 2.37. The molecule has 1 N–H and O–H groups in total. The van der Waals surface area contributed by atoms with Crippen LogP contribution in [0.4, 0.5) is 5.69 Å². The Kier molecular flexibility index (Phi) is 10.5. The van der Waals surface area contributed by atoms with E-state index in [1.165, 1.54) is 38.6 Å². The van der Waals surface area contributed by atoms with Gasteiger partial charge in [-0.25, -0.2) is 13.8 Å². The molecule has 0 atom stereocenters. The van der Waals surface area contributed by atoms with Gasteiger partial charge in [-0.05, 0) is 75.6 Å². The van der Waals surface area contributed by atoms with Gasteiger partial charge < -0.3 is 14.2 Å². The minimum absolute atomic E-state index is 0.0411. The van der Waals surface area contributed by atoms with Crippen molar-refractivity contribution in [3.05, 3.63) is 112 Å². The number of methoxy groups -OCH3 is 2. The van der Waals surface area contributed by atoms with Gasteiger partial charge in [0.1, 0.15) is 18.9 Å². The Morgan fingerprint density at radius 3 is 2.40 bits per heavy atom. The molecule has 9 nitrogen and oxygen atoms in total. The van der Waals surface area contributed by atoms with E-state index in [9.17, 15) is 13.2 Å². The Morgan fingerprint density at radius 1 is 0.976 bits per heavy atom. The number of ether oxygens (including phenoxy) is 3. The number of anilines is 1. The van der Waals surface area contributed by atoms with Crippen LogP contribution in [0.5, 0.6) is 17.2 Å². The standard InChI is InChI=1S/C30H27BrClN3O6S/c1-39-25-8-6-7-24(17-25)35(42(37,38)26-9-4-3-5-10-26)19-29(36)34-33-18-22-15-27(31)30(28(16-22)40-2)41-20-21-11-13-23(32)14-12-21/h3-18H,19-20H2,1-2H3,(H,34,36)/b33-18-. The van der Waals surface area contributed by atoms with Crippen molar-refractivity contribution in [1.29, 1.82) is 0 Å². The number of hydrogen-bond donors (Lipinski definition) is 1. The van der Waals surface area contributed by atoms with Crippen molar-refractivity contribution in [2.75, 3.05) is 25.1 Å². The molecule has 0 aromatic heterocycles. The van der Waals surface area contributed by atoms with E-state index in [0.717, 1.165) is 9.87 Å². The number of halogens is 2. The van der Waals surface area contributed by atoms with E-state index < -0.39 is 22.5 Å². The van der Waals surface area contributed by atoms with E-state index >= 15 is 0 Å². The fraction of sp³-hybridized carbons (Fsp3) is 0.133. The zero-order chi connectivity index (χ0) is 30.1. The highest BCUT2D eigenvalue weighted by atomic mass is 79.9. The lowest BCUT2D eigenvalue weighted by Gasteiger charge is -2.24. The average molecular weight is 673 g/mol. The van der Waals surface area contributed by atoms with E-state index in [0.29, 0.717) is 38.9 Å². The molecular formula is C30H27BrClN3O6S. The Balaban J connectivity index is 1.49. The Hall–Kier alpha value is -4.06. The molecule has 42 heavy (non-hydrogen) atoms. The van der Waals surface area contributed by atoms with E-state index in [-0.39, 0.29) is 10.6 Å². The predicted molar refractivity (Wildman–Crippen MR) is 166 cm³/mol. The molecule has 218 valence electrons. The average Bonchev–Trinajstić information content (AvgIpc) is 3.00. The van der Waals surface area contributed by atoms with Gasteiger partial charge in [0.15, 0.2) is 11.5 Å². The summed E-state index contributed by atoms with van der Waals surface area (Å²) in [5.74, 6) is 0.736. The second-order valence-corrected chi connectivity index (χ2v) is 11.9. The minimum atomic E-state index is -4.08. The smallest absolute Gasteiger partial charge is 0.264 e. The quantitative estimate of drug-likeness (QED) is 0.145. The van der Waals surface area contributed by atoms with Crippen molar-refractivity contribution in [2.24, 2.45) is 5.10 Å². The maximum atomic E-state index is 13.5. The lowest BCUT2D eigenvalue weighted by molar-refractivity contribution is -0.119. The first-order valence-corrected chi connectivity index (χ1v) is 15.1. The molecule has 0 bridgehead atoms. The molecule has 0 aliphatic carbocycles. The zero-order valence-electron chi connectivity index (χ0n) is 22.7. The molecule has 0 saturated carbocycles. The molecule has 0 fully saturated rings. The number of nitrogens with zero attached hydrogens (tertiary/aromatic N) is 2. The molecule has 4 aromatic rings. The topological polar surface area (TPSA) is 107 Å². The molecule has 0 heterocycles. The van der Waals surface area contributed by atoms with Crippen LogP contribution in [0.25, 0.3) is 0 Å². The van der Waals surface area contributed by atoms with E-state index in [4.69, 9.17) is 25.8 Å². The number of amides is 1. The third-order valence-corrected chi connectivity index (χ3v) is 8.54. The molecule has 1 amide bonds. The van der Waals surface area contributed by atoms with Crippen LogP contribution in [-0.2, 0) is 21.4 Å². The van der Waals surface area contributed by atoms with E-state index in [2.05, 4.69) is 26.5 Å². The maximum absolute atomic E-state index is 13.5. The monoisotopic (exact) mass is 671 g/mol. The molecule has 0 aliphatic heterocycles. The zero-order valence-corrected chi connectivity index (χ0v) is 25.8. The lowest BCUT2D eigenvalue weighted by Crippen LogP contribution is -2.39. The van der Waals surface area contributed by atoms with Gasteiger partial charge in [-0.15, -0.1) is 0 Å². The molecule has 4 rings (SSSR count). The molecule has 0 unspecified atom stereocenters. The summed E-state index contributed by atoms with van der Waals surface area (Å²) >= 11 is 9.45. The molecule has 0 aliphatic rings. The summed E-state index contributed by atoms with van der Waals surface area (Å²) in [6.45, 7) is -0.225. The Bertz CT molecular complexity index is 1670. The molecule has 0 saturated heterocycles. The number of nitrogens with one attached hydrogen (secondary N) is 1. The third kappa shape index (κ3) is 7.81. The van der Waals surface area contributed by atoms with Crippen LogP contribution < -0.4 is 23.9 Å². The first-order chi connectivity index (χ1) is 20.2. The second-order valence-electron chi connectivity index (χ2n) is 8.77. The third-order valence-electron chi connectivity index (χ3n) is 5.91. The van der Waals surface area contributed by atoms with Crippen LogP contribution in [0.2, 0.25) is 5.02 Å². The van der Waals surface area contributed by atoms with Gasteiger partial charge in [0, 0.05) is 11.1 Å². The van der Waals surface area contributed by atoms with Crippen LogP contribution in [0, 0.1) is 0 Å². The first-order valence-electron chi connectivity index (χ1n) is 12.5. The number of sulfonamides is 1. The minimum Gasteiger partial charge on any atom is -0.497 e. The van der Waals surface area contributed by atoms with Crippen molar-refractivity contribution in [3.63, 3.8) is 0 Å². The molecule has 0 spiro atoms. The van der Waals surface area contributed by atoms with Gasteiger partial charge in [0.05, 0.1) is 35.5 Å². The van der Waals surface area contributed by atoms with Crippen LogP contribution in [0.1, 0.15) is 11.1 Å². The van der Waals surface area contributed by atoms with Crippen LogP contribution in [-0.4, -0.2) is 41.3 Å². The summed E-state index contributed by atoms with van der Waals surface area (Å²) in [6.07, 6.45) is 1.41. The summed E-state index contributed by atoms with van der Waals surface area (Å²) < 4.78 is 45.3. The van der Waals surface area contributed by atoms with Gasteiger partial charge in [-0.3, -0.25) is 9.10 Å². The van der Waals surface area contributed by atoms with E-state index in [1.54, 1.807) is 60.7 Å². The van der Waals surface area contributed by atoms with Gasteiger partial charge >= 0.3 is 0 Å². The second kappa shape index (κ2) is 14.2. The number of hydrogen-bond acceptors (Lipinski definition) is 7. The van der Waals surface area contributed by atoms with E-state index in [1.807, 2.05) is 12.1 Å². The summed E-state index contributed by atoms with van der Waals surface area (Å²) in [5, 5.41) is 4.66. The van der Waals surface area contributed by atoms with Gasteiger partial charge in [0.2, 0.25) is 0 Å². The van der Waals surface area contributed by atoms with Crippen molar-refractivity contribution in [3.8, 4) is 17.2 Å². The van der Waals surface area contributed by atoms with Crippen molar-refractivity contribution >= 4 is 55.4 Å². The van der Waals surface area contributed by atoms with Gasteiger partial charge in [-0.2, -0.15) is 5.10 Å². The summed E-state index contributed by atoms with van der Waals surface area (Å²) in [6, 6.07) is 25.1. The number of rotatable bonds is 12. The van der Waals surface area contributed by atoms with Crippen LogP contribution in [0.3, 0.4) is 0 Å². The lowest BCUT2D eigenvalue weighted by atomic mass is 10.2. The van der Waals surface area contributed by atoms with Crippen LogP contribution >= 0.6 is 27.5 Å². The summed E-state index contributed by atoms with van der Waals surface area (Å²) in [5.41, 5.74) is 4.19. The predicted octanol–water partition coefficient (Wildman–Crippen LogP) is 6.04. The summed E-state index contributed by atoms with van der Waals surface area (Å²) in [4.78, 5) is 13.0. The highest BCUT2D eigenvalue weighted by molar-refractivity contribution is 9.10. The number of hydrazone groups is 1. The molecule has 0 radical (unpaired) electrons. The Labute approximate surface area is 257 Å². The van der Waals surface area contributed by atoms with Crippen LogP contribution in [0.15, 0.2) is 105 Å². The number of carbonyl (C=O) groups excluding carboxylic acids is 1. The Morgan fingerprint density at radius 2 is 1.71 bits per heavy atom. The molecule has 4 aromatic carbocycles. The largest absolute Gasteiger partial charge is 0.497 e. The van der Waals surface area contributed by atoms with Crippen molar-refractivity contribution in [2.45, 2.75) is 11.5 Å². The summed E-state index contributed by atoms with van der Waals surface area (Å²) in [7, 11) is -1.09. The highest BCUT2D eigenvalue weighted by Gasteiger charge is 2.27. The van der Waals surface area contributed by atoms with Gasteiger partial charge in [0.25, 0.3) is 15.9 Å². The number of benzene rings is 4. The normalized spacial score (nSPS) is 11.2. The first kappa shape index (κ1) is 30.9. The fourth-order valence-electron chi connectivity index (χ4n) is 3.84. The van der Waals surface area contributed by atoms with Crippen molar-refractivity contribution < 1.29 is 27.4 Å². The molecule has 12 heteroatoms. The fourth-order valence-corrected chi connectivity index (χ4v) is 5.97. The van der Waals surface area contributed by atoms with Crippen molar-refractivity contribution in [1.82, 2.24) is 5.43 Å². The SMILES string of the molecule is COc1cccc(N(CC(=O)N/N=C\c2cc(Br)c(OCc3ccc(Cl)cc3)c(OC)c2)S(=O)(=O)c2ccccc2)c1.